The molecule has 252 valence electrons. The molecular formula is C33H42Cl4N4O5. The minimum Gasteiger partial charge on any atom is -0.461 e. The predicted octanol–water partition coefficient (Wildman–Crippen LogP) is 6.29. The van der Waals surface area contributed by atoms with Gasteiger partial charge in [-0.2, -0.15) is 0 Å². The van der Waals surface area contributed by atoms with Crippen LogP contribution in [0.1, 0.15) is 65.6 Å². The molecular weight excluding hydrogens is 674 g/mol. The zero-order valence-electron chi connectivity index (χ0n) is 27.0. The van der Waals surface area contributed by atoms with Crippen molar-refractivity contribution < 1.29 is 23.9 Å². The van der Waals surface area contributed by atoms with Crippen LogP contribution in [0.4, 0.5) is 0 Å². The average molecular weight is 717 g/mol. The third-order valence-corrected chi connectivity index (χ3v) is 8.53. The summed E-state index contributed by atoms with van der Waals surface area (Å²) in [5.74, 6) is -2.55. The minimum absolute atomic E-state index is 0.128. The van der Waals surface area contributed by atoms with Gasteiger partial charge in [0.05, 0.1) is 21.9 Å². The topological polar surface area (TPSA) is 118 Å². The summed E-state index contributed by atoms with van der Waals surface area (Å²) in [5, 5.41) is 7.11. The minimum atomic E-state index is -1.73. The molecule has 3 atom stereocenters. The Hall–Kier alpha value is -2.59. The number of aryl methyl sites for hydroxylation is 1. The zero-order chi connectivity index (χ0) is 34.4. The number of carbonyl (C=O) groups excluding carboxylic acids is 4. The molecule has 13 heteroatoms. The number of nitrogens with zero attached hydrogens (tertiary/aromatic N) is 2. The maximum atomic E-state index is 13.4. The molecule has 0 aliphatic carbocycles. The van der Waals surface area contributed by atoms with Crippen molar-refractivity contribution in [2.45, 2.75) is 76.7 Å². The van der Waals surface area contributed by atoms with E-state index in [1.165, 1.54) is 4.90 Å². The number of hydrogen-bond acceptors (Lipinski definition) is 6. The van der Waals surface area contributed by atoms with E-state index in [0.29, 0.717) is 24.4 Å². The Bertz CT molecular complexity index is 1470. The first kappa shape index (κ1) is 37.9. The van der Waals surface area contributed by atoms with Crippen LogP contribution in [0.3, 0.4) is 0 Å². The van der Waals surface area contributed by atoms with E-state index < -0.39 is 45.7 Å². The van der Waals surface area contributed by atoms with E-state index in [0.717, 1.165) is 28.6 Å². The Morgan fingerprint density at radius 3 is 2.43 bits per heavy atom. The van der Waals surface area contributed by atoms with Crippen LogP contribution < -0.4 is 10.6 Å². The Balaban J connectivity index is 1.62. The van der Waals surface area contributed by atoms with Crippen LogP contribution in [0.5, 0.6) is 0 Å². The number of pyridine rings is 1. The van der Waals surface area contributed by atoms with Gasteiger partial charge in [0, 0.05) is 24.2 Å². The Morgan fingerprint density at radius 1 is 1.11 bits per heavy atom. The number of fused-ring (bicyclic) bond motifs is 1. The van der Waals surface area contributed by atoms with Crippen molar-refractivity contribution in [3.05, 3.63) is 46.6 Å². The highest BCUT2D eigenvalue weighted by Crippen LogP contribution is 2.28. The molecule has 3 amide bonds. The molecule has 0 bridgehead atoms. The molecule has 0 saturated carbocycles. The number of esters is 1. The summed E-state index contributed by atoms with van der Waals surface area (Å²) in [4.78, 5) is 58.6. The second kappa shape index (κ2) is 16.0. The van der Waals surface area contributed by atoms with E-state index in [9.17, 15) is 19.2 Å². The van der Waals surface area contributed by atoms with Gasteiger partial charge >= 0.3 is 5.97 Å². The fourth-order valence-corrected chi connectivity index (χ4v) is 5.51. The Labute approximate surface area is 290 Å². The van der Waals surface area contributed by atoms with Gasteiger partial charge in [-0.25, -0.2) is 0 Å². The number of piperidine rings is 1. The maximum absolute atomic E-state index is 13.4. The third-order valence-electron chi connectivity index (χ3n) is 7.89. The highest BCUT2D eigenvalue weighted by Gasteiger charge is 2.35. The van der Waals surface area contributed by atoms with Crippen LogP contribution in [-0.2, 0) is 30.3 Å². The molecule has 0 spiro atoms. The van der Waals surface area contributed by atoms with Gasteiger partial charge in [-0.1, -0.05) is 91.5 Å². The Kier molecular flexibility index (Phi) is 13.2. The molecule has 1 fully saturated rings. The van der Waals surface area contributed by atoms with Crippen molar-refractivity contribution in [2.24, 2.45) is 17.3 Å². The molecule has 1 saturated heterocycles. The van der Waals surface area contributed by atoms with Gasteiger partial charge in [0.2, 0.25) is 21.5 Å². The molecule has 9 nitrogen and oxygen atoms in total. The summed E-state index contributed by atoms with van der Waals surface area (Å²) < 4.78 is 3.37. The largest absolute Gasteiger partial charge is 0.461 e. The van der Waals surface area contributed by atoms with Crippen LogP contribution in [0.25, 0.3) is 17.0 Å². The molecule has 2 aromatic rings. The Morgan fingerprint density at radius 2 is 1.80 bits per heavy atom. The number of ether oxygens (including phenoxy) is 1. The van der Waals surface area contributed by atoms with E-state index in [1.807, 2.05) is 51.1 Å². The number of hydrogen-bond donors (Lipinski definition) is 2. The van der Waals surface area contributed by atoms with E-state index >= 15 is 0 Å². The van der Waals surface area contributed by atoms with Crippen LogP contribution >= 0.6 is 46.4 Å². The molecule has 46 heavy (non-hydrogen) atoms. The number of benzene rings is 1. The summed E-state index contributed by atoms with van der Waals surface area (Å²) >= 11 is 23.4. The quantitative estimate of drug-likeness (QED) is 0.209. The number of aromatic nitrogens is 1. The van der Waals surface area contributed by atoms with Gasteiger partial charge in [0.1, 0.15) is 18.7 Å². The number of halogens is 4. The zero-order valence-corrected chi connectivity index (χ0v) is 30.0. The fraction of sp³-hybridized carbons (Fsp3) is 0.545. The van der Waals surface area contributed by atoms with Gasteiger partial charge in [-0.15, -0.1) is 0 Å². The molecule has 1 aromatic heterocycles. The smallest absolute Gasteiger partial charge is 0.310 e. The number of alkyl halides is 3. The van der Waals surface area contributed by atoms with E-state index in [2.05, 4.69) is 15.6 Å². The van der Waals surface area contributed by atoms with Crippen molar-refractivity contribution in [3.8, 4) is 0 Å². The SMILES string of the molecule is CCc1cc(Cl)c2ccc(/C=C/C(C)(C)C(=O)NC(C(=O)NC(C)C(=O)N3CCCC(C(=O)OCC(Cl)(Cl)Cl)C3)C(C)C)cc2n1. The van der Waals surface area contributed by atoms with Crippen LogP contribution in [-0.4, -0.2) is 69.1 Å². The number of carbonyl (C=O) groups is 4. The first-order valence-electron chi connectivity index (χ1n) is 15.3. The molecule has 3 unspecified atom stereocenters. The second-order valence-corrected chi connectivity index (χ2v) is 15.5. The van der Waals surface area contributed by atoms with Crippen molar-refractivity contribution >= 4 is 87.1 Å². The lowest BCUT2D eigenvalue weighted by atomic mass is 9.89. The molecule has 1 aromatic carbocycles. The normalized spacial score (nSPS) is 17.2. The molecule has 2 N–H and O–H groups in total. The molecule has 1 aliphatic heterocycles. The van der Waals surface area contributed by atoms with Crippen molar-refractivity contribution in [3.63, 3.8) is 0 Å². The van der Waals surface area contributed by atoms with Gasteiger partial charge in [0.15, 0.2) is 0 Å². The predicted molar refractivity (Wildman–Crippen MR) is 184 cm³/mol. The van der Waals surface area contributed by atoms with Gasteiger partial charge < -0.3 is 20.3 Å². The first-order valence-corrected chi connectivity index (χ1v) is 16.8. The highest BCUT2D eigenvalue weighted by atomic mass is 35.6. The summed E-state index contributed by atoms with van der Waals surface area (Å²) in [6.07, 6.45) is 5.49. The average Bonchev–Trinajstić information content (AvgIpc) is 3.00. The van der Waals surface area contributed by atoms with Gasteiger partial charge in [-0.05, 0) is 63.6 Å². The summed E-state index contributed by atoms with van der Waals surface area (Å²) in [7, 11) is 0. The van der Waals surface area contributed by atoms with Crippen molar-refractivity contribution in [2.75, 3.05) is 19.7 Å². The van der Waals surface area contributed by atoms with E-state index in [-0.39, 0.29) is 24.3 Å². The highest BCUT2D eigenvalue weighted by molar-refractivity contribution is 6.67. The molecule has 1 aliphatic rings. The van der Waals surface area contributed by atoms with E-state index in [1.54, 1.807) is 26.8 Å². The van der Waals surface area contributed by atoms with Crippen molar-refractivity contribution in [1.82, 2.24) is 20.5 Å². The van der Waals surface area contributed by atoms with E-state index in [4.69, 9.17) is 51.1 Å². The third kappa shape index (κ3) is 10.5. The summed E-state index contributed by atoms with van der Waals surface area (Å²) in [6.45, 7) is 10.9. The second-order valence-electron chi connectivity index (χ2n) is 12.6. The van der Waals surface area contributed by atoms with Crippen LogP contribution in [0.2, 0.25) is 5.02 Å². The van der Waals surface area contributed by atoms with Crippen LogP contribution in [0.15, 0.2) is 30.3 Å². The number of nitrogens with one attached hydrogen (secondary N) is 2. The molecule has 3 rings (SSSR count). The number of rotatable bonds is 11. The number of likely N-dealkylation sites (tertiary alicyclic amines) is 1. The summed E-state index contributed by atoms with van der Waals surface area (Å²) in [5.41, 5.74) is 1.56. The van der Waals surface area contributed by atoms with Gasteiger partial charge in [0.25, 0.3) is 0 Å². The van der Waals surface area contributed by atoms with Crippen LogP contribution in [0, 0.1) is 17.3 Å². The first-order chi connectivity index (χ1) is 21.4. The summed E-state index contributed by atoms with van der Waals surface area (Å²) in [6, 6.07) is 5.82. The van der Waals surface area contributed by atoms with Gasteiger partial charge in [-0.3, -0.25) is 24.2 Å². The number of amides is 3. The maximum Gasteiger partial charge on any atom is 0.310 e. The monoisotopic (exact) mass is 714 g/mol. The standard InChI is InChI=1S/C33H42Cl4N4O5/c1-7-23-16-25(34)24-11-10-21(15-26(24)39-23)12-13-32(5,6)31(45)40-27(19(2)3)28(42)38-20(4)29(43)41-14-8-9-22(17-41)30(44)46-18-33(35,36)37/h10-13,15-16,19-20,22,27H,7-9,14,17-18H2,1-6H3,(H,38,42)(H,40,45)/b13-12+. The molecule has 2 heterocycles. The lowest BCUT2D eigenvalue weighted by Gasteiger charge is -2.34. The molecule has 0 radical (unpaired) electrons. The van der Waals surface area contributed by atoms with Crippen molar-refractivity contribution in [1.29, 1.82) is 0 Å². The fourth-order valence-electron chi connectivity index (χ4n) is 5.06. The lowest BCUT2D eigenvalue weighted by Crippen LogP contribution is -2.57. The lowest BCUT2D eigenvalue weighted by molar-refractivity contribution is -0.152.